The van der Waals surface area contributed by atoms with Gasteiger partial charge in [-0.3, -0.25) is 0 Å². The van der Waals surface area contributed by atoms with Gasteiger partial charge in [0.1, 0.15) is 4.75 Å². The zero-order chi connectivity index (χ0) is 9.90. The minimum Gasteiger partial charge on any atom is -0.197 e. The summed E-state index contributed by atoms with van der Waals surface area (Å²) in [4.78, 5) is 1.12. The van der Waals surface area contributed by atoms with Gasteiger partial charge >= 0.3 is 0 Å². The normalized spacial score (nSPS) is 10.9. The summed E-state index contributed by atoms with van der Waals surface area (Å²) in [5, 5.41) is 8.83. The van der Waals surface area contributed by atoms with E-state index in [4.69, 9.17) is 5.26 Å². The molecule has 0 fully saturated rings. The van der Waals surface area contributed by atoms with Gasteiger partial charge in [0.15, 0.2) is 0 Å². The van der Waals surface area contributed by atoms with Crippen molar-refractivity contribution in [3.63, 3.8) is 0 Å². The van der Waals surface area contributed by atoms with E-state index in [1.165, 1.54) is 0 Å². The van der Waals surface area contributed by atoms with Crippen molar-refractivity contribution in [1.82, 2.24) is 0 Å². The zero-order valence-corrected chi connectivity index (χ0v) is 9.95. The molecule has 3 heteroatoms. The van der Waals surface area contributed by atoms with Crippen LogP contribution in [0.15, 0.2) is 33.6 Å². The van der Waals surface area contributed by atoms with E-state index < -0.39 is 0 Å². The van der Waals surface area contributed by atoms with Crippen molar-refractivity contribution in [1.29, 1.82) is 5.26 Å². The lowest BCUT2D eigenvalue weighted by Crippen LogP contribution is -2.09. The molecule has 0 aliphatic rings. The fourth-order valence-corrected chi connectivity index (χ4v) is 1.99. The van der Waals surface area contributed by atoms with E-state index in [2.05, 4.69) is 22.0 Å². The molecular weight excluding hydrogens is 246 g/mol. The van der Waals surface area contributed by atoms with Gasteiger partial charge < -0.3 is 0 Å². The number of nitriles is 1. The van der Waals surface area contributed by atoms with Crippen LogP contribution in [-0.4, -0.2) is 4.75 Å². The van der Waals surface area contributed by atoms with Gasteiger partial charge in [0.05, 0.1) is 6.07 Å². The van der Waals surface area contributed by atoms with Crippen molar-refractivity contribution in [2.24, 2.45) is 0 Å². The molecule has 0 aliphatic carbocycles. The molecule has 0 saturated carbocycles. The van der Waals surface area contributed by atoms with E-state index in [0.717, 1.165) is 9.37 Å². The van der Waals surface area contributed by atoms with Gasteiger partial charge in [0, 0.05) is 9.37 Å². The van der Waals surface area contributed by atoms with Crippen LogP contribution in [-0.2, 0) is 0 Å². The highest BCUT2D eigenvalue weighted by molar-refractivity contribution is 9.10. The van der Waals surface area contributed by atoms with Crippen LogP contribution < -0.4 is 0 Å². The van der Waals surface area contributed by atoms with Crippen LogP contribution in [0.3, 0.4) is 0 Å². The molecule has 1 rings (SSSR count). The van der Waals surface area contributed by atoms with Gasteiger partial charge in [-0.25, -0.2) is 0 Å². The monoisotopic (exact) mass is 255 g/mol. The smallest absolute Gasteiger partial charge is 0.101 e. The molecule has 0 heterocycles. The first kappa shape index (κ1) is 10.6. The molecule has 0 N–H and O–H groups in total. The molecular formula is C10H10BrNS. The Morgan fingerprint density at radius 3 is 2.31 bits per heavy atom. The third-order valence-electron chi connectivity index (χ3n) is 1.46. The summed E-state index contributed by atoms with van der Waals surface area (Å²) >= 11 is 4.94. The third kappa shape index (κ3) is 3.41. The van der Waals surface area contributed by atoms with Crippen LogP contribution in [0.5, 0.6) is 0 Å². The quantitative estimate of drug-likeness (QED) is 0.750. The van der Waals surface area contributed by atoms with Crippen molar-refractivity contribution < 1.29 is 0 Å². The first-order valence-electron chi connectivity index (χ1n) is 3.89. The predicted molar refractivity (Wildman–Crippen MR) is 59.7 cm³/mol. The fourth-order valence-electron chi connectivity index (χ4n) is 0.820. The third-order valence-corrected chi connectivity index (χ3v) is 3.09. The largest absolute Gasteiger partial charge is 0.197 e. The first-order chi connectivity index (χ1) is 6.03. The second-order valence-corrected chi connectivity index (χ2v) is 5.79. The lowest BCUT2D eigenvalue weighted by molar-refractivity contribution is 0.913. The molecule has 1 aromatic rings. The van der Waals surface area contributed by atoms with Crippen molar-refractivity contribution in [3.8, 4) is 6.07 Å². The van der Waals surface area contributed by atoms with E-state index in [1.54, 1.807) is 11.8 Å². The molecule has 68 valence electrons. The summed E-state index contributed by atoms with van der Waals surface area (Å²) in [7, 11) is 0. The summed E-state index contributed by atoms with van der Waals surface area (Å²) in [5.74, 6) is 0. The number of hydrogen-bond acceptors (Lipinski definition) is 2. The molecule has 0 aliphatic heterocycles. The molecule has 13 heavy (non-hydrogen) atoms. The number of rotatable bonds is 2. The Morgan fingerprint density at radius 1 is 1.31 bits per heavy atom. The second-order valence-electron chi connectivity index (χ2n) is 3.18. The SMILES string of the molecule is CC(C)(C#N)Sc1ccc(Br)cc1. The number of benzene rings is 1. The average molecular weight is 256 g/mol. The Kier molecular flexibility index (Phi) is 3.40. The molecule has 0 radical (unpaired) electrons. The van der Waals surface area contributed by atoms with Crippen LogP contribution >= 0.6 is 27.7 Å². The molecule has 0 spiro atoms. The van der Waals surface area contributed by atoms with Gasteiger partial charge in [-0.05, 0) is 38.1 Å². The highest BCUT2D eigenvalue weighted by atomic mass is 79.9. The topological polar surface area (TPSA) is 23.8 Å². The maximum atomic E-state index is 8.83. The second kappa shape index (κ2) is 4.17. The predicted octanol–water partition coefficient (Wildman–Crippen LogP) is 3.84. The van der Waals surface area contributed by atoms with Gasteiger partial charge in [-0.2, -0.15) is 5.26 Å². The van der Waals surface area contributed by atoms with Gasteiger partial charge in [-0.15, -0.1) is 11.8 Å². The van der Waals surface area contributed by atoms with Crippen molar-refractivity contribution in [2.75, 3.05) is 0 Å². The van der Waals surface area contributed by atoms with Gasteiger partial charge in [-0.1, -0.05) is 15.9 Å². The fraction of sp³-hybridized carbons (Fsp3) is 0.300. The van der Waals surface area contributed by atoms with Crippen LogP contribution in [0.1, 0.15) is 13.8 Å². The maximum absolute atomic E-state index is 8.83. The highest BCUT2D eigenvalue weighted by Crippen LogP contribution is 2.32. The number of nitrogens with zero attached hydrogens (tertiary/aromatic N) is 1. The average Bonchev–Trinajstić information content (AvgIpc) is 2.09. The van der Waals surface area contributed by atoms with E-state index in [-0.39, 0.29) is 4.75 Å². The summed E-state index contributed by atoms with van der Waals surface area (Å²) in [6.45, 7) is 3.83. The molecule has 0 unspecified atom stereocenters. The highest BCUT2D eigenvalue weighted by Gasteiger charge is 2.17. The molecule has 0 saturated heterocycles. The Hall–Kier alpha value is -0.460. The Morgan fingerprint density at radius 2 is 1.85 bits per heavy atom. The summed E-state index contributed by atoms with van der Waals surface area (Å²) in [6.07, 6.45) is 0. The van der Waals surface area contributed by atoms with Crippen LogP contribution in [0.2, 0.25) is 0 Å². The van der Waals surface area contributed by atoms with Crippen molar-refractivity contribution >= 4 is 27.7 Å². The zero-order valence-electron chi connectivity index (χ0n) is 7.54. The summed E-state index contributed by atoms with van der Waals surface area (Å²) in [6, 6.07) is 10.2. The van der Waals surface area contributed by atoms with E-state index in [0.29, 0.717) is 0 Å². The minimum absolute atomic E-state index is 0.353. The van der Waals surface area contributed by atoms with Gasteiger partial charge in [0.25, 0.3) is 0 Å². The molecule has 0 bridgehead atoms. The lowest BCUT2D eigenvalue weighted by atomic mass is 10.2. The van der Waals surface area contributed by atoms with Crippen LogP contribution in [0, 0.1) is 11.3 Å². The molecule has 1 nitrogen and oxygen atoms in total. The Balaban J connectivity index is 2.77. The standard InChI is InChI=1S/C10H10BrNS/c1-10(2,7-12)13-9-5-3-8(11)4-6-9/h3-6H,1-2H3. The van der Waals surface area contributed by atoms with E-state index in [9.17, 15) is 0 Å². The van der Waals surface area contributed by atoms with E-state index in [1.807, 2.05) is 38.1 Å². The van der Waals surface area contributed by atoms with E-state index >= 15 is 0 Å². The Bertz CT molecular complexity index is 324. The van der Waals surface area contributed by atoms with Crippen LogP contribution in [0.25, 0.3) is 0 Å². The first-order valence-corrected chi connectivity index (χ1v) is 5.50. The maximum Gasteiger partial charge on any atom is 0.101 e. The van der Waals surface area contributed by atoms with Gasteiger partial charge in [0.2, 0.25) is 0 Å². The molecule has 0 aromatic heterocycles. The summed E-state index contributed by atoms with van der Waals surface area (Å²) in [5.41, 5.74) is 0. The molecule has 0 amide bonds. The number of thioether (sulfide) groups is 1. The van der Waals surface area contributed by atoms with Crippen molar-refractivity contribution in [2.45, 2.75) is 23.5 Å². The minimum atomic E-state index is -0.353. The molecule has 0 atom stereocenters. The number of halogens is 1. The molecule has 1 aromatic carbocycles. The van der Waals surface area contributed by atoms with Crippen molar-refractivity contribution in [3.05, 3.63) is 28.7 Å². The number of hydrogen-bond donors (Lipinski definition) is 0. The van der Waals surface area contributed by atoms with Crippen LogP contribution in [0.4, 0.5) is 0 Å². The Labute approximate surface area is 91.3 Å². The summed E-state index contributed by atoms with van der Waals surface area (Å²) < 4.78 is 0.708. The lowest BCUT2D eigenvalue weighted by Gasteiger charge is -2.13.